The molecule has 2 aliphatic heterocycles. The van der Waals surface area contributed by atoms with Crippen molar-refractivity contribution in [3.05, 3.63) is 59.7 Å². The van der Waals surface area contributed by atoms with Gasteiger partial charge in [-0.25, -0.2) is 9.59 Å². The molecule has 3 atom stereocenters. The van der Waals surface area contributed by atoms with Gasteiger partial charge in [0, 0.05) is 38.0 Å². The molecule has 2 heterocycles. The van der Waals surface area contributed by atoms with Gasteiger partial charge >= 0.3 is 12.1 Å². The number of hydrogen-bond acceptors (Lipinski definition) is 6. The second-order valence-corrected chi connectivity index (χ2v) is 9.39. The van der Waals surface area contributed by atoms with Crippen molar-refractivity contribution in [1.29, 1.82) is 0 Å². The highest BCUT2D eigenvalue weighted by molar-refractivity contribution is 5.85. The van der Waals surface area contributed by atoms with E-state index in [9.17, 15) is 24.6 Å². The van der Waals surface area contributed by atoms with Crippen LogP contribution in [0.5, 0.6) is 0 Å². The van der Waals surface area contributed by atoms with Gasteiger partial charge in [-0.1, -0.05) is 48.5 Å². The Morgan fingerprint density at radius 2 is 1.74 bits per heavy atom. The quantitative estimate of drug-likeness (QED) is 0.577. The van der Waals surface area contributed by atoms with Gasteiger partial charge in [-0.05, 0) is 28.7 Å². The van der Waals surface area contributed by atoms with Crippen LogP contribution in [0.25, 0.3) is 11.1 Å². The molecule has 5 rings (SSSR count). The summed E-state index contributed by atoms with van der Waals surface area (Å²) in [7, 11) is 0. The Kier molecular flexibility index (Phi) is 6.21. The predicted molar refractivity (Wildman–Crippen MR) is 125 cm³/mol. The zero-order chi connectivity index (χ0) is 24.6. The lowest BCUT2D eigenvalue weighted by molar-refractivity contribution is -0.158. The fraction of sp³-hybridized carbons (Fsp3) is 0.423. The molecule has 0 bridgehead atoms. The summed E-state index contributed by atoms with van der Waals surface area (Å²) in [6.45, 7) is 0.640. The molecular weight excluding hydrogens is 452 g/mol. The van der Waals surface area contributed by atoms with Gasteiger partial charge < -0.3 is 29.9 Å². The second-order valence-electron chi connectivity index (χ2n) is 9.39. The zero-order valence-electron chi connectivity index (χ0n) is 19.2. The molecule has 2 saturated heterocycles. The number of rotatable bonds is 6. The van der Waals surface area contributed by atoms with Crippen LogP contribution >= 0.6 is 0 Å². The van der Waals surface area contributed by atoms with Crippen molar-refractivity contribution < 1.29 is 34.1 Å². The van der Waals surface area contributed by atoms with Gasteiger partial charge in [0.25, 0.3) is 5.91 Å². The number of likely N-dealkylation sites (tertiary alicyclic amines) is 1. The molecule has 0 aromatic heterocycles. The van der Waals surface area contributed by atoms with Gasteiger partial charge in [0.15, 0.2) is 5.60 Å². The minimum absolute atomic E-state index is 0.0243. The number of nitrogens with one attached hydrogen (secondary N) is 1. The van der Waals surface area contributed by atoms with E-state index in [0.717, 1.165) is 22.3 Å². The average Bonchev–Trinajstić information content (AvgIpc) is 3.57. The molecule has 184 valence electrons. The molecule has 0 radical (unpaired) electrons. The van der Waals surface area contributed by atoms with Crippen LogP contribution < -0.4 is 5.32 Å². The number of nitrogens with zero attached hydrogens (tertiary/aromatic N) is 1. The lowest BCUT2D eigenvalue weighted by atomic mass is 9.98. The van der Waals surface area contributed by atoms with Gasteiger partial charge in [0.05, 0.1) is 6.54 Å². The number of amides is 2. The van der Waals surface area contributed by atoms with Crippen LogP contribution in [0, 0.1) is 5.92 Å². The molecule has 9 nitrogen and oxygen atoms in total. The van der Waals surface area contributed by atoms with Crippen LogP contribution in [0.3, 0.4) is 0 Å². The Hall–Kier alpha value is -3.43. The van der Waals surface area contributed by atoms with E-state index >= 15 is 0 Å². The highest BCUT2D eigenvalue weighted by Gasteiger charge is 2.47. The molecule has 2 amide bonds. The van der Waals surface area contributed by atoms with Crippen LogP contribution in [0.2, 0.25) is 0 Å². The lowest BCUT2D eigenvalue weighted by Crippen LogP contribution is -2.47. The van der Waals surface area contributed by atoms with Crippen molar-refractivity contribution >= 4 is 18.0 Å². The molecule has 35 heavy (non-hydrogen) atoms. The number of fused-ring (bicyclic) bond motifs is 3. The molecule has 0 saturated carbocycles. The van der Waals surface area contributed by atoms with Crippen molar-refractivity contribution in [2.45, 2.75) is 30.5 Å². The van der Waals surface area contributed by atoms with Crippen molar-refractivity contribution in [3.8, 4) is 11.1 Å². The summed E-state index contributed by atoms with van der Waals surface area (Å²) >= 11 is 0. The zero-order valence-corrected chi connectivity index (χ0v) is 19.2. The van der Waals surface area contributed by atoms with Crippen molar-refractivity contribution in [2.24, 2.45) is 5.92 Å². The minimum Gasteiger partial charge on any atom is -0.479 e. The van der Waals surface area contributed by atoms with Crippen LogP contribution in [0.15, 0.2) is 48.5 Å². The van der Waals surface area contributed by atoms with E-state index in [-0.39, 0.29) is 50.4 Å². The van der Waals surface area contributed by atoms with E-state index in [0.29, 0.717) is 13.0 Å². The van der Waals surface area contributed by atoms with Crippen molar-refractivity contribution in [3.63, 3.8) is 0 Å². The first-order valence-corrected chi connectivity index (χ1v) is 11.8. The summed E-state index contributed by atoms with van der Waals surface area (Å²) in [4.78, 5) is 38.0. The number of carbonyl (C=O) groups excluding carboxylic acids is 2. The third-order valence-corrected chi connectivity index (χ3v) is 7.27. The Balaban J connectivity index is 1.15. The minimum atomic E-state index is -1.93. The van der Waals surface area contributed by atoms with E-state index in [4.69, 9.17) is 9.47 Å². The largest absolute Gasteiger partial charge is 0.479 e. The predicted octanol–water partition coefficient (Wildman–Crippen LogP) is 1.98. The maximum absolute atomic E-state index is 12.9. The van der Waals surface area contributed by atoms with Crippen molar-refractivity contribution in [2.75, 3.05) is 32.8 Å². The third-order valence-electron chi connectivity index (χ3n) is 7.27. The molecule has 9 heteroatoms. The average molecular weight is 481 g/mol. The van der Waals surface area contributed by atoms with Gasteiger partial charge in [-0.15, -0.1) is 0 Å². The van der Waals surface area contributed by atoms with Gasteiger partial charge in [0.2, 0.25) is 0 Å². The lowest BCUT2D eigenvalue weighted by Gasteiger charge is -2.25. The van der Waals surface area contributed by atoms with Crippen molar-refractivity contribution in [1.82, 2.24) is 10.2 Å². The summed E-state index contributed by atoms with van der Waals surface area (Å²) in [5, 5.41) is 22.1. The molecule has 3 aliphatic rings. The topological polar surface area (TPSA) is 125 Å². The maximum atomic E-state index is 12.9. The number of carbonyl (C=O) groups is 3. The smallest absolute Gasteiger partial charge is 0.407 e. The van der Waals surface area contributed by atoms with Gasteiger partial charge in [0.1, 0.15) is 12.7 Å². The highest BCUT2D eigenvalue weighted by atomic mass is 16.5. The van der Waals surface area contributed by atoms with Crippen LogP contribution in [0.1, 0.15) is 29.9 Å². The van der Waals surface area contributed by atoms with Gasteiger partial charge in [-0.3, -0.25) is 4.79 Å². The summed E-state index contributed by atoms with van der Waals surface area (Å²) in [5.41, 5.74) is 2.63. The summed E-state index contributed by atoms with van der Waals surface area (Å²) < 4.78 is 11.2. The number of ether oxygens (including phenoxy) is 2. The van der Waals surface area contributed by atoms with Crippen LogP contribution in [0.4, 0.5) is 4.79 Å². The van der Waals surface area contributed by atoms with Gasteiger partial charge in [-0.2, -0.15) is 0 Å². The summed E-state index contributed by atoms with van der Waals surface area (Å²) in [6, 6.07) is 16.2. The standard InChI is InChI=1S/C26H28N2O7/c29-23(28-11-10-26(33,15-28)24(30)31)22-16(9-12-34-22)13-27-25(32)35-14-21-19-7-3-1-5-17(19)18-6-2-4-8-20(18)21/h1-8,16,21-22,33H,9-15H2,(H,27,32)(H,30,31)/t16-,22-,26?/m0/s1. The van der Waals surface area contributed by atoms with E-state index in [2.05, 4.69) is 29.6 Å². The molecule has 1 aliphatic carbocycles. The molecular formula is C26H28N2O7. The Morgan fingerprint density at radius 3 is 2.37 bits per heavy atom. The number of carboxylic acids is 1. The van der Waals surface area contributed by atoms with E-state index in [1.54, 1.807) is 0 Å². The Bertz CT molecular complexity index is 1110. The molecule has 2 aromatic carbocycles. The number of carboxylic acid groups (broad SMARTS) is 1. The monoisotopic (exact) mass is 480 g/mol. The van der Waals surface area contributed by atoms with E-state index in [1.165, 1.54) is 4.90 Å². The molecule has 2 aromatic rings. The number of benzene rings is 2. The fourth-order valence-corrected chi connectivity index (χ4v) is 5.32. The number of aliphatic carboxylic acids is 1. The number of hydrogen-bond donors (Lipinski definition) is 3. The number of aliphatic hydroxyl groups is 1. The van der Waals surface area contributed by atoms with Crippen LogP contribution in [-0.2, 0) is 19.1 Å². The first-order valence-electron chi connectivity index (χ1n) is 11.8. The Labute approximate surface area is 202 Å². The molecule has 0 spiro atoms. The first-order chi connectivity index (χ1) is 16.9. The first kappa shape index (κ1) is 23.3. The van der Waals surface area contributed by atoms with Crippen LogP contribution in [-0.4, -0.2) is 77.6 Å². The maximum Gasteiger partial charge on any atom is 0.407 e. The molecule has 3 N–H and O–H groups in total. The number of β-amino-alcohol motifs (C(OH)–C–C–N with tert-alkyl or cyclic N) is 1. The highest BCUT2D eigenvalue weighted by Crippen LogP contribution is 2.44. The molecule has 1 unspecified atom stereocenters. The second kappa shape index (κ2) is 9.31. The normalized spacial score (nSPS) is 25.2. The van der Waals surface area contributed by atoms with E-state index in [1.807, 2.05) is 24.3 Å². The third kappa shape index (κ3) is 4.37. The SMILES string of the molecule is O=C(NC[C@@H]1CCO[C@@H]1C(=O)N1CCC(O)(C(=O)O)C1)OCC1c2ccccc2-c2ccccc21. The molecule has 2 fully saturated rings. The Morgan fingerprint density at radius 1 is 1.09 bits per heavy atom. The summed E-state index contributed by atoms with van der Waals surface area (Å²) in [5.74, 6) is -2.01. The number of alkyl carbamates (subject to hydrolysis) is 1. The van der Waals surface area contributed by atoms with E-state index < -0.39 is 23.8 Å². The summed E-state index contributed by atoms with van der Waals surface area (Å²) in [6.07, 6.45) is -0.799. The fourth-order valence-electron chi connectivity index (χ4n) is 5.32.